The number of benzene rings is 3. The van der Waals surface area contributed by atoms with Crippen molar-refractivity contribution in [2.24, 2.45) is 0 Å². The smallest absolute Gasteiger partial charge is 0.311 e. The number of esters is 1. The van der Waals surface area contributed by atoms with E-state index >= 15 is 0 Å². The molecular weight excluding hydrogens is 374 g/mol. The maximum Gasteiger partial charge on any atom is 0.311 e. The molecule has 0 unspecified atom stereocenters. The first-order chi connectivity index (χ1) is 14.6. The fourth-order valence-electron chi connectivity index (χ4n) is 3.57. The van der Waals surface area contributed by atoms with Crippen LogP contribution in [-0.4, -0.2) is 17.6 Å². The minimum absolute atomic E-state index is 0.233. The molecular formula is C26H25NO3. The second-order valence-electron chi connectivity index (χ2n) is 7.46. The molecule has 4 heteroatoms. The lowest BCUT2D eigenvalue weighted by Crippen LogP contribution is -2.11. The second-order valence-corrected chi connectivity index (χ2v) is 7.46. The summed E-state index contributed by atoms with van der Waals surface area (Å²) in [5, 5.41) is 1.05. The van der Waals surface area contributed by atoms with E-state index in [9.17, 15) is 4.79 Å². The molecule has 0 saturated carbocycles. The molecule has 4 rings (SSSR count). The molecule has 3 aromatic carbocycles. The number of methoxy groups -OCH3 is 1. The van der Waals surface area contributed by atoms with Crippen LogP contribution in [0.15, 0.2) is 78.9 Å². The van der Waals surface area contributed by atoms with Crippen LogP contribution in [0.25, 0.3) is 10.9 Å². The molecule has 0 N–H and O–H groups in total. The highest BCUT2D eigenvalue weighted by atomic mass is 16.5. The Morgan fingerprint density at radius 3 is 2.40 bits per heavy atom. The molecule has 0 radical (unpaired) electrons. The van der Waals surface area contributed by atoms with Crippen molar-refractivity contribution in [3.05, 3.63) is 101 Å². The van der Waals surface area contributed by atoms with Crippen molar-refractivity contribution < 1.29 is 14.3 Å². The molecule has 30 heavy (non-hydrogen) atoms. The molecule has 0 aliphatic rings. The number of fused-ring (bicyclic) bond motifs is 1. The zero-order valence-electron chi connectivity index (χ0n) is 17.3. The van der Waals surface area contributed by atoms with Crippen molar-refractivity contribution >= 4 is 16.9 Å². The Bertz CT molecular complexity index is 1140. The summed E-state index contributed by atoms with van der Waals surface area (Å²) >= 11 is 0. The molecule has 0 amide bonds. The molecule has 0 saturated heterocycles. The van der Waals surface area contributed by atoms with Gasteiger partial charge in [-0.1, -0.05) is 60.2 Å². The van der Waals surface area contributed by atoms with E-state index < -0.39 is 0 Å². The van der Waals surface area contributed by atoms with Crippen LogP contribution in [-0.2, 0) is 29.1 Å². The molecule has 4 nitrogen and oxygen atoms in total. The van der Waals surface area contributed by atoms with Crippen molar-refractivity contribution in [2.45, 2.75) is 26.5 Å². The van der Waals surface area contributed by atoms with Crippen LogP contribution in [0.2, 0.25) is 0 Å². The van der Waals surface area contributed by atoms with Gasteiger partial charge in [0, 0.05) is 23.1 Å². The lowest BCUT2D eigenvalue weighted by Gasteiger charge is -2.11. The zero-order chi connectivity index (χ0) is 20.9. The number of aryl methyl sites for hydroxylation is 1. The van der Waals surface area contributed by atoms with E-state index in [-0.39, 0.29) is 12.4 Å². The van der Waals surface area contributed by atoms with Gasteiger partial charge in [0.25, 0.3) is 0 Å². The third-order valence-electron chi connectivity index (χ3n) is 5.22. The molecule has 0 aliphatic carbocycles. The van der Waals surface area contributed by atoms with E-state index in [2.05, 4.69) is 47.9 Å². The number of carbonyl (C=O) groups is 1. The maximum atomic E-state index is 12.0. The van der Waals surface area contributed by atoms with Gasteiger partial charge in [-0.05, 0) is 42.3 Å². The Labute approximate surface area is 176 Å². The fraction of sp³-hybridized carbons (Fsp3) is 0.192. The summed E-state index contributed by atoms with van der Waals surface area (Å²) in [5.41, 5.74) is 5.54. The van der Waals surface area contributed by atoms with Gasteiger partial charge in [0.05, 0.1) is 13.5 Å². The van der Waals surface area contributed by atoms with Crippen LogP contribution in [0.4, 0.5) is 0 Å². The minimum atomic E-state index is -0.247. The van der Waals surface area contributed by atoms with Gasteiger partial charge >= 0.3 is 5.97 Å². The first kappa shape index (κ1) is 19.8. The Morgan fingerprint density at radius 2 is 1.67 bits per heavy atom. The third kappa shape index (κ3) is 4.54. The highest BCUT2D eigenvalue weighted by Gasteiger charge is 2.14. The highest BCUT2D eigenvalue weighted by molar-refractivity contribution is 5.85. The highest BCUT2D eigenvalue weighted by Crippen LogP contribution is 2.27. The quantitative estimate of drug-likeness (QED) is 0.396. The van der Waals surface area contributed by atoms with Crippen molar-refractivity contribution in [2.75, 3.05) is 7.11 Å². The molecule has 0 bridgehead atoms. The minimum Gasteiger partial charge on any atom is -0.489 e. The Morgan fingerprint density at radius 1 is 0.900 bits per heavy atom. The van der Waals surface area contributed by atoms with Crippen LogP contribution in [0, 0.1) is 6.92 Å². The predicted octanol–water partition coefficient (Wildman–Crippen LogP) is 5.29. The molecule has 0 aliphatic heterocycles. The van der Waals surface area contributed by atoms with Gasteiger partial charge in [-0.25, -0.2) is 0 Å². The summed E-state index contributed by atoms with van der Waals surface area (Å²) in [6.07, 6.45) is 0.233. The molecule has 1 heterocycles. The molecule has 1 aromatic heterocycles. The summed E-state index contributed by atoms with van der Waals surface area (Å²) in [6, 6.07) is 26.7. The number of nitrogens with zero attached hydrogens (tertiary/aromatic N) is 1. The van der Waals surface area contributed by atoms with Crippen molar-refractivity contribution in [1.29, 1.82) is 0 Å². The van der Waals surface area contributed by atoms with E-state index in [0.29, 0.717) is 13.2 Å². The second kappa shape index (κ2) is 8.87. The van der Waals surface area contributed by atoms with E-state index in [1.165, 1.54) is 18.2 Å². The van der Waals surface area contributed by atoms with E-state index in [1.807, 2.05) is 42.5 Å². The molecule has 152 valence electrons. The van der Waals surface area contributed by atoms with Crippen molar-refractivity contribution in [3.8, 4) is 5.75 Å². The number of carbonyl (C=O) groups excluding carboxylic acids is 1. The Balaban J connectivity index is 1.64. The lowest BCUT2D eigenvalue weighted by molar-refractivity contribution is -0.139. The molecule has 0 fully saturated rings. The van der Waals surface area contributed by atoms with E-state index in [0.717, 1.165) is 27.9 Å². The van der Waals surface area contributed by atoms with Crippen LogP contribution in [0.3, 0.4) is 0 Å². The Kier molecular flexibility index (Phi) is 5.84. The summed E-state index contributed by atoms with van der Waals surface area (Å²) < 4.78 is 13.1. The van der Waals surface area contributed by atoms with Crippen molar-refractivity contribution in [3.63, 3.8) is 0 Å². The average Bonchev–Trinajstić information content (AvgIpc) is 3.10. The number of rotatable bonds is 7. The van der Waals surface area contributed by atoms with Crippen LogP contribution >= 0.6 is 0 Å². The van der Waals surface area contributed by atoms with Crippen molar-refractivity contribution in [1.82, 2.24) is 4.57 Å². The number of hydrogen-bond acceptors (Lipinski definition) is 3. The van der Waals surface area contributed by atoms with Gasteiger partial charge in [0.15, 0.2) is 0 Å². The number of ether oxygens (including phenoxy) is 2. The molecule has 4 aromatic rings. The number of aromatic nitrogens is 1. The van der Waals surface area contributed by atoms with Crippen LogP contribution in [0.1, 0.15) is 22.4 Å². The SMILES string of the molecule is COC(=O)Cc1cc2cc(OCc3ccccc3)ccc2n1Cc1ccc(C)cc1. The summed E-state index contributed by atoms with van der Waals surface area (Å²) in [7, 11) is 1.42. The average molecular weight is 399 g/mol. The third-order valence-corrected chi connectivity index (χ3v) is 5.22. The van der Waals surface area contributed by atoms with Gasteiger partial charge in [-0.3, -0.25) is 4.79 Å². The van der Waals surface area contributed by atoms with Gasteiger partial charge in [0.2, 0.25) is 0 Å². The zero-order valence-corrected chi connectivity index (χ0v) is 17.3. The first-order valence-electron chi connectivity index (χ1n) is 10.0. The monoisotopic (exact) mass is 399 g/mol. The summed E-state index contributed by atoms with van der Waals surface area (Å²) in [4.78, 5) is 12.0. The first-order valence-corrected chi connectivity index (χ1v) is 10.0. The van der Waals surface area contributed by atoms with Gasteiger partial charge in [-0.15, -0.1) is 0 Å². The van der Waals surface area contributed by atoms with E-state index in [4.69, 9.17) is 9.47 Å². The lowest BCUT2D eigenvalue weighted by atomic mass is 10.1. The normalized spacial score (nSPS) is 10.9. The summed E-state index contributed by atoms with van der Waals surface area (Å²) in [5.74, 6) is 0.562. The van der Waals surface area contributed by atoms with Gasteiger partial charge < -0.3 is 14.0 Å². The van der Waals surface area contributed by atoms with Crippen LogP contribution < -0.4 is 4.74 Å². The number of hydrogen-bond donors (Lipinski definition) is 0. The van der Waals surface area contributed by atoms with Crippen LogP contribution in [0.5, 0.6) is 5.75 Å². The maximum absolute atomic E-state index is 12.0. The van der Waals surface area contributed by atoms with E-state index in [1.54, 1.807) is 0 Å². The largest absolute Gasteiger partial charge is 0.489 e. The molecule has 0 atom stereocenters. The fourth-order valence-corrected chi connectivity index (χ4v) is 3.57. The predicted molar refractivity (Wildman–Crippen MR) is 119 cm³/mol. The Hall–Kier alpha value is -3.53. The summed E-state index contributed by atoms with van der Waals surface area (Å²) in [6.45, 7) is 3.29. The van der Waals surface area contributed by atoms with Gasteiger partial charge in [-0.2, -0.15) is 0 Å². The molecule has 0 spiro atoms. The van der Waals surface area contributed by atoms with Gasteiger partial charge in [0.1, 0.15) is 12.4 Å². The topological polar surface area (TPSA) is 40.5 Å². The standard InChI is InChI=1S/C26H25NO3/c1-19-8-10-20(11-9-19)17-27-23(16-26(28)29-2)14-22-15-24(12-13-25(22)27)30-18-21-6-4-3-5-7-21/h3-15H,16-18H2,1-2H3.